The van der Waals surface area contributed by atoms with E-state index in [0.717, 1.165) is 36.3 Å². The van der Waals surface area contributed by atoms with E-state index in [4.69, 9.17) is 4.74 Å². The molecule has 1 aromatic heterocycles. The van der Waals surface area contributed by atoms with E-state index in [1.165, 1.54) is 0 Å². The summed E-state index contributed by atoms with van der Waals surface area (Å²) in [6, 6.07) is 9.80. The third-order valence-electron chi connectivity index (χ3n) is 5.60. The van der Waals surface area contributed by atoms with Crippen LogP contribution in [0.2, 0.25) is 0 Å². The molecule has 1 saturated heterocycles. The molecular formula is C24H32N2O3. The molecule has 0 N–H and O–H groups in total. The molecule has 1 aliphatic heterocycles. The molecule has 1 unspecified atom stereocenters. The van der Waals surface area contributed by atoms with Crippen LogP contribution in [0.3, 0.4) is 0 Å². The van der Waals surface area contributed by atoms with Crippen molar-refractivity contribution in [1.82, 2.24) is 9.47 Å². The Morgan fingerprint density at radius 1 is 1.28 bits per heavy atom. The predicted molar refractivity (Wildman–Crippen MR) is 116 cm³/mol. The summed E-state index contributed by atoms with van der Waals surface area (Å²) in [6.07, 6.45) is 3.68. The van der Waals surface area contributed by atoms with Gasteiger partial charge >= 0.3 is 0 Å². The van der Waals surface area contributed by atoms with Gasteiger partial charge in [-0.25, -0.2) is 0 Å². The molecule has 0 spiro atoms. The molecule has 5 nitrogen and oxygen atoms in total. The maximum absolute atomic E-state index is 13.3. The third kappa shape index (κ3) is 4.78. The van der Waals surface area contributed by atoms with E-state index >= 15 is 0 Å². The number of rotatable bonds is 7. The van der Waals surface area contributed by atoms with Crippen molar-refractivity contribution in [2.45, 2.75) is 46.5 Å². The highest BCUT2D eigenvalue weighted by atomic mass is 16.5. The summed E-state index contributed by atoms with van der Waals surface area (Å²) in [4.78, 5) is 28.3. The monoisotopic (exact) mass is 396 g/mol. The fourth-order valence-corrected chi connectivity index (χ4v) is 3.83. The lowest BCUT2D eigenvalue weighted by molar-refractivity contribution is 0.0752. The highest BCUT2D eigenvalue weighted by Crippen LogP contribution is 2.21. The van der Waals surface area contributed by atoms with Gasteiger partial charge in [0, 0.05) is 37.5 Å². The van der Waals surface area contributed by atoms with Gasteiger partial charge in [0.1, 0.15) is 5.56 Å². The second kappa shape index (κ2) is 9.40. The minimum Gasteiger partial charge on any atom is -0.381 e. The highest BCUT2D eigenvalue weighted by molar-refractivity contribution is 5.95. The van der Waals surface area contributed by atoms with Crippen LogP contribution in [0.15, 0.2) is 41.3 Å². The van der Waals surface area contributed by atoms with Gasteiger partial charge in [-0.05, 0) is 55.0 Å². The number of aryl methyl sites for hydroxylation is 1. The second-order valence-electron chi connectivity index (χ2n) is 8.28. The minimum absolute atomic E-state index is 0.167. The zero-order chi connectivity index (χ0) is 21.0. The Balaban J connectivity index is 1.85. The maximum atomic E-state index is 13.3. The first-order chi connectivity index (χ1) is 13.9. The molecule has 1 amide bonds. The maximum Gasteiger partial charge on any atom is 0.268 e. The number of aromatic nitrogens is 1. The van der Waals surface area contributed by atoms with Gasteiger partial charge in [0.15, 0.2) is 0 Å². The van der Waals surface area contributed by atoms with Gasteiger partial charge in [0.2, 0.25) is 0 Å². The van der Waals surface area contributed by atoms with Crippen LogP contribution in [0.25, 0.3) is 5.69 Å². The Kier molecular flexibility index (Phi) is 6.91. The predicted octanol–water partition coefficient (Wildman–Crippen LogP) is 4.16. The van der Waals surface area contributed by atoms with Crippen LogP contribution in [-0.4, -0.2) is 41.7 Å². The molecule has 3 rings (SSSR count). The van der Waals surface area contributed by atoms with Gasteiger partial charge in [-0.2, -0.15) is 0 Å². The van der Waals surface area contributed by atoms with Gasteiger partial charge in [-0.15, -0.1) is 0 Å². The van der Waals surface area contributed by atoms with Gasteiger partial charge in [-0.3, -0.25) is 14.2 Å². The Labute approximate surface area is 173 Å². The lowest BCUT2D eigenvalue weighted by atomic mass is 10.0. The van der Waals surface area contributed by atoms with Crippen LogP contribution in [0.1, 0.15) is 61.0 Å². The van der Waals surface area contributed by atoms with E-state index in [-0.39, 0.29) is 17.0 Å². The Hall–Kier alpha value is -2.40. The Bertz CT molecular complexity index is 917. The van der Waals surface area contributed by atoms with Crippen molar-refractivity contribution < 1.29 is 9.53 Å². The molecule has 0 radical (unpaired) electrons. The number of benzene rings is 1. The zero-order valence-corrected chi connectivity index (χ0v) is 18.0. The fourth-order valence-electron chi connectivity index (χ4n) is 3.83. The normalized spacial score (nSPS) is 16.6. The van der Waals surface area contributed by atoms with Crippen LogP contribution in [-0.2, 0) is 4.74 Å². The van der Waals surface area contributed by atoms with Crippen LogP contribution < -0.4 is 5.56 Å². The summed E-state index contributed by atoms with van der Waals surface area (Å²) < 4.78 is 7.24. The topological polar surface area (TPSA) is 51.5 Å². The van der Waals surface area contributed by atoms with E-state index in [2.05, 4.69) is 26.8 Å². The van der Waals surface area contributed by atoms with Gasteiger partial charge in [0.25, 0.3) is 11.5 Å². The van der Waals surface area contributed by atoms with Crippen molar-refractivity contribution >= 4 is 5.91 Å². The van der Waals surface area contributed by atoms with Crippen molar-refractivity contribution in [3.63, 3.8) is 0 Å². The van der Waals surface area contributed by atoms with Gasteiger partial charge in [-0.1, -0.05) is 32.9 Å². The molecule has 1 atom stereocenters. The van der Waals surface area contributed by atoms with Crippen LogP contribution in [0.5, 0.6) is 0 Å². The first kappa shape index (κ1) is 21.3. The average molecular weight is 397 g/mol. The van der Waals surface area contributed by atoms with Crippen molar-refractivity contribution in [3.8, 4) is 5.69 Å². The van der Waals surface area contributed by atoms with Crippen molar-refractivity contribution in [2.75, 3.05) is 26.3 Å². The SMILES string of the molecule is CCCOCC1CCN(C(=O)c2c(C)ccn(-c3cccc(C(C)C)c3)c2=O)C1. The van der Waals surface area contributed by atoms with Gasteiger partial charge < -0.3 is 9.64 Å². The number of hydrogen-bond acceptors (Lipinski definition) is 3. The van der Waals surface area contributed by atoms with Crippen LogP contribution >= 0.6 is 0 Å². The Morgan fingerprint density at radius 2 is 2.07 bits per heavy atom. The average Bonchev–Trinajstić information content (AvgIpc) is 3.17. The van der Waals surface area contributed by atoms with Crippen molar-refractivity contribution in [2.24, 2.45) is 5.92 Å². The third-order valence-corrected chi connectivity index (χ3v) is 5.60. The smallest absolute Gasteiger partial charge is 0.268 e. The summed E-state index contributed by atoms with van der Waals surface area (Å²) >= 11 is 0. The molecule has 1 aliphatic rings. The largest absolute Gasteiger partial charge is 0.381 e. The molecule has 0 bridgehead atoms. The first-order valence-electron chi connectivity index (χ1n) is 10.6. The lowest BCUT2D eigenvalue weighted by Crippen LogP contribution is -2.36. The summed E-state index contributed by atoms with van der Waals surface area (Å²) in [7, 11) is 0. The number of amides is 1. The molecule has 156 valence electrons. The van der Waals surface area contributed by atoms with E-state index in [1.54, 1.807) is 15.7 Å². The molecule has 2 heterocycles. The van der Waals surface area contributed by atoms with E-state index in [0.29, 0.717) is 31.5 Å². The molecule has 1 aromatic carbocycles. The molecule has 1 fully saturated rings. The summed E-state index contributed by atoms with van der Waals surface area (Å²) in [6.45, 7) is 10.9. The molecule has 5 heteroatoms. The number of pyridine rings is 1. The van der Waals surface area contributed by atoms with E-state index in [9.17, 15) is 9.59 Å². The highest BCUT2D eigenvalue weighted by Gasteiger charge is 2.29. The molecule has 0 saturated carbocycles. The number of carbonyl (C=O) groups is 1. The summed E-state index contributed by atoms with van der Waals surface area (Å²) in [5, 5.41) is 0. The van der Waals surface area contributed by atoms with Crippen LogP contribution in [0, 0.1) is 12.8 Å². The van der Waals surface area contributed by atoms with E-state index in [1.807, 2.05) is 31.2 Å². The Morgan fingerprint density at radius 3 is 2.79 bits per heavy atom. The number of nitrogens with zero attached hydrogens (tertiary/aromatic N) is 2. The number of likely N-dealkylation sites (tertiary alicyclic amines) is 1. The van der Waals surface area contributed by atoms with E-state index < -0.39 is 0 Å². The van der Waals surface area contributed by atoms with Crippen LogP contribution in [0.4, 0.5) is 0 Å². The lowest BCUT2D eigenvalue weighted by Gasteiger charge is -2.19. The van der Waals surface area contributed by atoms with Crippen molar-refractivity contribution in [1.29, 1.82) is 0 Å². The fraction of sp³-hybridized carbons (Fsp3) is 0.500. The molecular weight excluding hydrogens is 364 g/mol. The number of hydrogen-bond donors (Lipinski definition) is 0. The van der Waals surface area contributed by atoms with Gasteiger partial charge in [0.05, 0.1) is 6.61 Å². The summed E-state index contributed by atoms with van der Waals surface area (Å²) in [5.74, 6) is 0.549. The number of ether oxygens (including phenoxy) is 1. The standard InChI is InChI=1S/C24H32N2O3/c1-5-13-29-16-19-10-11-25(15-19)23(27)22-18(4)9-12-26(24(22)28)21-8-6-7-20(14-21)17(2)3/h6-9,12,14,17,19H,5,10-11,13,15-16H2,1-4H3. The quantitative estimate of drug-likeness (QED) is 0.661. The van der Waals surface area contributed by atoms with Crippen molar-refractivity contribution in [3.05, 3.63) is 63.6 Å². The zero-order valence-electron chi connectivity index (χ0n) is 18.0. The summed E-state index contributed by atoms with van der Waals surface area (Å²) in [5.41, 5.74) is 2.71. The minimum atomic E-state index is -0.249. The number of carbonyl (C=O) groups excluding carboxylic acids is 1. The first-order valence-corrected chi connectivity index (χ1v) is 10.6. The molecule has 2 aromatic rings. The molecule has 29 heavy (non-hydrogen) atoms. The second-order valence-corrected chi connectivity index (χ2v) is 8.28. The molecule has 0 aliphatic carbocycles.